The van der Waals surface area contributed by atoms with E-state index in [0.29, 0.717) is 5.92 Å². The molecule has 0 spiro atoms. The van der Waals surface area contributed by atoms with Gasteiger partial charge in [-0.2, -0.15) is 0 Å². The number of hydrogen-bond donors (Lipinski definition) is 1. The van der Waals surface area contributed by atoms with Crippen LogP contribution in [0.4, 0.5) is 5.82 Å². The Balaban J connectivity index is 1.89. The maximum absolute atomic E-state index is 5.64. The lowest BCUT2D eigenvalue weighted by molar-refractivity contribution is 0.385. The van der Waals surface area contributed by atoms with Crippen LogP contribution in [-0.2, 0) is 6.42 Å². The normalized spacial score (nSPS) is 17.2. The molecule has 1 aliphatic heterocycles. The average molecular weight is 261 g/mol. The minimum atomic E-state index is 0.694. The molecule has 1 aromatic rings. The van der Waals surface area contributed by atoms with Gasteiger partial charge in [0.05, 0.1) is 0 Å². The molecule has 0 amide bonds. The van der Waals surface area contributed by atoms with Crippen LogP contribution in [0.25, 0.3) is 0 Å². The molecular formula is C16H27N3. The van der Waals surface area contributed by atoms with Gasteiger partial charge in [0.25, 0.3) is 0 Å². The molecule has 19 heavy (non-hydrogen) atoms. The van der Waals surface area contributed by atoms with E-state index in [9.17, 15) is 0 Å². The summed E-state index contributed by atoms with van der Waals surface area (Å²) in [5, 5.41) is 0. The molecule has 1 aromatic heterocycles. The van der Waals surface area contributed by atoms with Crippen molar-refractivity contribution in [1.82, 2.24) is 4.98 Å². The molecule has 1 fully saturated rings. The van der Waals surface area contributed by atoms with Gasteiger partial charge in [-0.15, -0.1) is 0 Å². The largest absolute Gasteiger partial charge is 0.357 e. The number of aromatic nitrogens is 1. The number of piperidine rings is 1. The topological polar surface area (TPSA) is 42.1 Å². The van der Waals surface area contributed by atoms with Gasteiger partial charge in [0.15, 0.2) is 0 Å². The quantitative estimate of drug-likeness (QED) is 0.886. The average Bonchev–Trinajstić information content (AvgIpc) is 2.40. The summed E-state index contributed by atoms with van der Waals surface area (Å²) in [6.45, 7) is 7.57. The highest BCUT2D eigenvalue weighted by Crippen LogP contribution is 2.23. The summed E-state index contributed by atoms with van der Waals surface area (Å²) in [6.07, 6.45) is 6.85. The maximum Gasteiger partial charge on any atom is 0.128 e. The standard InChI is InChI=1S/C16H27N3/c1-13(2)11-15-3-4-16(18-12-15)19-9-6-14(5-8-17)7-10-19/h3-4,12-14H,5-11,17H2,1-2H3. The van der Waals surface area contributed by atoms with Gasteiger partial charge in [-0.1, -0.05) is 19.9 Å². The SMILES string of the molecule is CC(C)Cc1ccc(N2CCC(CCN)CC2)nc1. The maximum atomic E-state index is 5.64. The van der Waals surface area contributed by atoms with E-state index in [4.69, 9.17) is 5.73 Å². The highest BCUT2D eigenvalue weighted by Gasteiger charge is 2.19. The third-order valence-electron chi connectivity index (χ3n) is 3.97. The second-order valence-electron chi connectivity index (χ2n) is 6.13. The van der Waals surface area contributed by atoms with E-state index < -0.39 is 0 Å². The van der Waals surface area contributed by atoms with Crippen molar-refractivity contribution in [2.24, 2.45) is 17.6 Å². The second kappa shape index (κ2) is 6.90. The number of nitrogens with zero attached hydrogens (tertiary/aromatic N) is 2. The summed E-state index contributed by atoms with van der Waals surface area (Å²) < 4.78 is 0. The Morgan fingerprint density at radius 3 is 2.58 bits per heavy atom. The molecule has 2 rings (SSSR count). The highest BCUT2D eigenvalue weighted by atomic mass is 15.2. The van der Waals surface area contributed by atoms with Crippen LogP contribution in [0.2, 0.25) is 0 Å². The molecule has 0 aliphatic carbocycles. The lowest BCUT2D eigenvalue weighted by atomic mass is 9.93. The number of rotatable bonds is 5. The van der Waals surface area contributed by atoms with E-state index in [2.05, 4.69) is 35.9 Å². The molecule has 0 radical (unpaired) electrons. The summed E-state index contributed by atoms with van der Waals surface area (Å²) in [7, 11) is 0. The van der Waals surface area contributed by atoms with Crippen molar-refractivity contribution in [2.45, 2.75) is 39.5 Å². The minimum absolute atomic E-state index is 0.694. The molecular weight excluding hydrogens is 234 g/mol. The van der Waals surface area contributed by atoms with E-state index in [0.717, 1.165) is 37.8 Å². The van der Waals surface area contributed by atoms with Crippen LogP contribution in [0.3, 0.4) is 0 Å². The first-order chi connectivity index (χ1) is 9.19. The van der Waals surface area contributed by atoms with E-state index in [1.54, 1.807) is 0 Å². The Hall–Kier alpha value is -1.09. The van der Waals surface area contributed by atoms with Gasteiger partial charge >= 0.3 is 0 Å². The fourth-order valence-corrected chi connectivity index (χ4v) is 2.88. The zero-order chi connectivity index (χ0) is 13.7. The summed E-state index contributed by atoms with van der Waals surface area (Å²) in [5.41, 5.74) is 6.98. The van der Waals surface area contributed by atoms with Crippen LogP contribution >= 0.6 is 0 Å². The van der Waals surface area contributed by atoms with Crippen LogP contribution in [0.15, 0.2) is 18.3 Å². The van der Waals surface area contributed by atoms with Crippen molar-refractivity contribution in [1.29, 1.82) is 0 Å². The van der Waals surface area contributed by atoms with Crippen LogP contribution in [0, 0.1) is 11.8 Å². The predicted octanol–water partition coefficient (Wildman–Crippen LogP) is 2.85. The van der Waals surface area contributed by atoms with Crippen molar-refractivity contribution in [2.75, 3.05) is 24.5 Å². The molecule has 1 aliphatic rings. The lowest BCUT2D eigenvalue weighted by Crippen LogP contribution is -2.34. The van der Waals surface area contributed by atoms with Gasteiger partial charge in [0.2, 0.25) is 0 Å². The van der Waals surface area contributed by atoms with Crippen LogP contribution in [0.5, 0.6) is 0 Å². The molecule has 3 nitrogen and oxygen atoms in total. The summed E-state index contributed by atoms with van der Waals surface area (Å²) >= 11 is 0. The highest BCUT2D eigenvalue weighted by molar-refractivity contribution is 5.39. The Morgan fingerprint density at radius 2 is 2.05 bits per heavy atom. The zero-order valence-electron chi connectivity index (χ0n) is 12.3. The van der Waals surface area contributed by atoms with Gasteiger partial charge in [-0.25, -0.2) is 4.98 Å². The predicted molar refractivity (Wildman–Crippen MR) is 81.4 cm³/mol. The van der Waals surface area contributed by atoms with Crippen molar-refractivity contribution < 1.29 is 0 Å². The molecule has 0 atom stereocenters. The molecule has 0 unspecified atom stereocenters. The van der Waals surface area contributed by atoms with Gasteiger partial charge in [0.1, 0.15) is 5.82 Å². The third kappa shape index (κ3) is 4.20. The Bertz CT molecular complexity index is 364. The van der Waals surface area contributed by atoms with E-state index >= 15 is 0 Å². The first-order valence-electron chi connectivity index (χ1n) is 7.59. The number of nitrogens with two attached hydrogens (primary N) is 1. The smallest absolute Gasteiger partial charge is 0.128 e. The van der Waals surface area contributed by atoms with Gasteiger partial charge in [0, 0.05) is 19.3 Å². The molecule has 3 heteroatoms. The fraction of sp³-hybridized carbons (Fsp3) is 0.688. The van der Waals surface area contributed by atoms with Crippen LogP contribution in [-0.4, -0.2) is 24.6 Å². The van der Waals surface area contributed by atoms with Crippen molar-refractivity contribution >= 4 is 5.82 Å². The number of hydrogen-bond acceptors (Lipinski definition) is 3. The van der Waals surface area contributed by atoms with Crippen LogP contribution < -0.4 is 10.6 Å². The molecule has 0 saturated carbocycles. The molecule has 2 heterocycles. The van der Waals surface area contributed by atoms with Crippen molar-refractivity contribution in [3.05, 3.63) is 23.9 Å². The Kier molecular flexibility index (Phi) is 5.20. The molecule has 1 saturated heterocycles. The molecule has 0 bridgehead atoms. The van der Waals surface area contributed by atoms with Crippen molar-refractivity contribution in [3.63, 3.8) is 0 Å². The molecule has 0 aromatic carbocycles. The molecule has 2 N–H and O–H groups in total. The van der Waals surface area contributed by atoms with Gasteiger partial charge in [-0.05, 0) is 55.7 Å². The summed E-state index contributed by atoms with van der Waals surface area (Å²) in [5.74, 6) is 2.65. The van der Waals surface area contributed by atoms with Gasteiger partial charge < -0.3 is 10.6 Å². The van der Waals surface area contributed by atoms with E-state index in [1.807, 2.05) is 6.20 Å². The van der Waals surface area contributed by atoms with Gasteiger partial charge in [-0.3, -0.25) is 0 Å². The molecule has 106 valence electrons. The monoisotopic (exact) mass is 261 g/mol. The van der Waals surface area contributed by atoms with Crippen LogP contribution in [0.1, 0.15) is 38.7 Å². The third-order valence-corrected chi connectivity index (χ3v) is 3.97. The van der Waals surface area contributed by atoms with E-state index in [-0.39, 0.29) is 0 Å². The number of anilines is 1. The second-order valence-corrected chi connectivity index (χ2v) is 6.13. The van der Waals surface area contributed by atoms with E-state index in [1.165, 1.54) is 24.8 Å². The Labute approximate surface area is 117 Å². The summed E-state index contributed by atoms with van der Waals surface area (Å²) in [4.78, 5) is 7.04. The fourth-order valence-electron chi connectivity index (χ4n) is 2.88. The summed E-state index contributed by atoms with van der Waals surface area (Å²) in [6, 6.07) is 4.41. The first-order valence-corrected chi connectivity index (χ1v) is 7.59. The number of pyridine rings is 1. The first kappa shape index (κ1) is 14.3. The Morgan fingerprint density at radius 1 is 1.32 bits per heavy atom. The van der Waals surface area contributed by atoms with Crippen molar-refractivity contribution in [3.8, 4) is 0 Å². The lowest BCUT2D eigenvalue weighted by Gasteiger charge is -2.32. The zero-order valence-corrected chi connectivity index (χ0v) is 12.3. The minimum Gasteiger partial charge on any atom is -0.357 e.